The third kappa shape index (κ3) is 3.20. The number of amides is 1. The summed E-state index contributed by atoms with van der Waals surface area (Å²) in [5.74, 6) is -6.43. The van der Waals surface area contributed by atoms with Gasteiger partial charge >= 0.3 is 0 Å². The van der Waals surface area contributed by atoms with E-state index in [4.69, 9.17) is 5.73 Å². The van der Waals surface area contributed by atoms with Crippen molar-refractivity contribution in [3.63, 3.8) is 0 Å². The van der Waals surface area contributed by atoms with Gasteiger partial charge in [-0.1, -0.05) is 6.92 Å². The van der Waals surface area contributed by atoms with Gasteiger partial charge in [-0.25, -0.2) is 0 Å². The van der Waals surface area contributed by atoms with Gasteiger partial charge in [-0.2, -0.15) is 0 Å². The SMILES string of the molecule is CCc1cc(N(C)C)c2c(c1O)C(=O)C1=C(O)[C@]3(O)C(=O)C(C(N)=O)=C(O)[C@@H](N(C)C)[C@@H]3C[C@@H]1C2. The number of aliphatic hydroxyl groups is 3. The van der Waals surface area contributed by atoms with Gasteiger partial charge in [0.25, 0.3) is 5.91 Å². The fourth-order valence-corrected chi connectivity index (χ4v) is 6.02. The van der Waals surface area contributed by atoms with Crippen molar-refractivity contribution in [2.24, 2.45) is 17.6 Å². The largest absolute Gasteiger partial charge is 0.510 e. The molecule has 188 valence electrons. The molecule has 0 heterocycles. The van der Waals surface area contributed by atoms with Crippen molar-refractivity contribution in [1.82, 2.24) is 4.90 Å². The van der Waals surface area contributed by atoms with E-state index >= 15 is 0 Å². The summed E-state index contributed by atoms with van der Waals surface area (Å²) in [5, 5.41) is 44.7. The van der Waals surface area contributed by atoms with E-state index in [1.807, 2.05) is 32.0 Å². The number of ketones is 2. The van der Waals surface area contributed by atoms with Crippen molar-refractivity contribution in [2.75, 3.05) is 33.1 Å². The Morgan fingerprint density at radius 3 is 2.31 bits per heavy atom. The van der Waals surface area contributed by atoms with Gasteiger partial charge < -0.3 is 31.1 Å². The normalized spacial score (nSPS) is 28.1. The summed E-state index contributed by atoms with van der Waals surface area (Å²) in [5.41, 5.74) is 3.70. The molecule has 1 aromatic rings. The molecule has 0 aromatic heterocycles. The van der Waals surface area contributed by atoms with Crippen molar-refractivity contribution in [2.45, 2.75) is 37.8 Å². The number of hydrogen-bond donors (Lipinski definition) is 5. The number of primary amides is 1. The number of benzene rings is 1. The average molecular weight is 486 g/mol. The predicted molar refractivity (Wildman–Crippen MR) is 127 cm³/mol. The van der Waals surface area contributed by atoms with Gasteiger partial charge in [0, 0.05) is 31.3 Å². The molecule has 0 aliphatic heterocycles. The Balaban J connectivity index is 2.00. The first-order chi connectivity index (χ1) is 16.3. The summed E-state index contributed by atoms with van der Waals surface area (Å²) in [6.07, 6.45) is 0.789. The van der Waals surface area contributed by atoms with Gasteiger partial charge in [0.2, 0.25) is 5.78 Å². The molecule has 4 rings (SSSR count). The fourth-order valence-electron chi connectivity index (χ4n) is 6.02. The first-order valence-electron chi connectivity index (χ1n) is 11.5. The predicted octanol–water partition coefficient (Wildman–Crippen LogP) is 0.749. The number of anilines is 1. The number of carbonyl (C=O) groups is 3. The van der Waals surface area contributed by atoms with E-state index in [2.05, 4.69) is 0 Å². The molecule has 10 nitrogen and oxygen atoms in total. The van der Waals surface area contributed by atoms with Gasteiger partial charge in [-0.05, 0) is 56.5 Å². The van der Waals surface area contributed by atoms with Crippen LogP contribution in [-0.2, 0) is 22.4 Å². The molecule has 1 amide bonds. The summed E-state index contributed by atoms with van der Waals surface area (Å²) in [6.45, 7) is 1.84. The van der Waals surface area contributed by atoms with Crippen LogP contribution in [-0.4, -0.2) is 82.6 Å². The highest BCUT2D eigenvalue weighted by Gasteiger charge is 2.63. The number of aliphatic hydroxyl groups excluding tert-OH is 2. The van der Waals surface area contributed by atoms with Crippen LogP contribution in [0.15, 0.2) is 28.7 Å². The van der Waals surface area contributed by atoms with Crippen LogP contribution in [0.1, 0.15) is 34.8 Å². The molecule has 0 fully saturated rings. The molecule has 0 spiro atoms. The van der Waals surface area contributed by atoms with E-state index in [0.717, 1.165) is 5.69 Å². The number of hydrogen-bond acceptors (Lipinski definition) is 9. The fraction of sp³-hybridized carbons (Fsp3) is 0.480. The molecular formula is C25H31N3O7. The van der Waals surface area contributed by atoms with E-state index in [0.29, 0.717) is 17.5 Å². The highest BCUT2D eigenvalue weighted by Crippen LogP contribution is 2.53. The Bertz CT molecular complexity index is 1230. The highest BCUT2D eigenvalue weighted by atomic mass is 16.3. The third-order valence-corrected chi connectivity index (χ3v) is 7.64. The minimum absolute atomic E-state index is 0.0360. The number of carbonyl (C=O) groups excluding carboxylic acids is 3. The van der Waals surface area contributed by atoms with Crippen LogP contribution in [0, 0.1) is 11.8 Å². The van der Waals surface area contributed by atoms with Crippen molar-refractivity contribution in [1.29, 1.82) is 0 Å². The van der Waals surface area contributed by atoms with Crippen molar-refractivity contribution in [3.8, 4) is 5.75 Å². The lowest BCUT2D eigenvalue weighted by molar-refractivity contribution is -0.148. The monoisotopic (exact) mass is 485 g/mol. The Labute approximate surface area is 202 Å². The summed E-state index contributed by atoms with van der Waals surface area (Å²) in [6, 6.07) is 0.819. The number of fused-ring (bicyclic) bond motifs is 3. The standard InChI is InChI=1S/C25H31N3O7/c1-6-10-9-14(27(2)3)12-7-11-8-13-18(28(4)5)21(31)17(24(26)34)23(33)25(13,35)22(32)15(11)20(30)16(12)19(10)29/h9,11,13,18,29,31-32,35H,6-8H2,1-5H3,(H2,26,34)/t11-,13-,18-,25-/m0/s1. The van der Waals surface area contributed by atoms with Crippen LogP contribution < -0.4 is 10.6 Å². The van der Waals surface area contributed by atoms with E-state index in [1.165, 1.54) is 4.90 Å². The van der Waals surface area contributed by atoms with Crippen molar-refractivity contribution >= 4 is 23.2 Å². The average Bonchev–Trinajstić information content (AvgIpc) is 2.75. The number of nitrogens with two attached hydrogens (primary N) is 1. The minimum atomic E-state index is -2.63. The van der Waals surface area contributed by atoms with Gasteiger partial charge in [0.05, 0.1) is 11.6 Å². The summed E-state index contributed by atoms with van der Waals surface area (Å²) >= 11 is 0. The molecule has 0 bridgehead atoms. The summed E-state index contributed by atoms with van der Waals surface area (Å²) < 4.78 is 0. The molecule has 0 saturated carbocycles. The smallest absolute Gasteiger partial charge is 0.255 e. The molecule has 6 N–H and O–H groups in total. The number of phenolic OH excluding ortho intramolecular Hbond substituents is 1. The first kappa shape index (κ1) is 24.7. The number of likely N-dealkylation sites (N-methyl/N-ethyl adjacent to an activating group) is 1. The first-order valence-corrected chi connectivity index (χ1v) is 11.5. The van der Waals surface area contributed by atoms with Gasteiger partial charge in [-0.3, -0.25) is 19.3 Å². The van der Waals surface area contributed by atoms with Gasteiger partial charge in [0.15, 0.2) is 11.4 Å². The summed E-state index contributed by atoms with van der Waals surface area (Å²) in [7, 11) is 6.85. The van der Waals surface area contributed by atoms with Crippen molar-refractivity contribution in [3.05, 3.63) is 45.4 Å². The Morgan fingerprint density at radius 1 is 1.17 bits per heavy atom. The van der Waals surface area contributed by atoms with Crippen LogP contribution in [0.3, 0.4) is 0 Å². The lowest BCUT2D eigenvalue weighted by atomic mass is 9.58. The molecule has 3 aliphatic carbocycles. The number of nitrogens with zero attached hydrogens (tertiary/aromatic N) is 2. The quantitative estimate of drug-likeness (QED) is 0.387. The maximum atomic E-state index is 13.8. The topological polar surface area (TPSA) is 165 Å². The molecule has 35 heavy (non-hydrogen) atoms. The molecule has 3 aliphatic rings. The molecule has 0 saturated heterocycles. The van der Waals surface area contributed by atoms with E-state index < -0.39 is 58.0 Å². The van der Waals surface area contributed by atoms with Crippen LogP contribution in [0.25, 0.3) is 0 Å². The van der Waals surface area contributed by atoms with E-state index in [9.17, 15) is 34.8 Å². The van der Waals surface area contributed by atoms with E-state index in [-0.39, 0.29) is 29.7 Å². The zero-order chi connectivity index (χ0) is 26.1. The highest BCUT2D eigenvalue weighted by molar-refractivity contribution is 6.24. The molecule has 0 unspecified atom stereocenters. The number of rotatable bonds is 4. The zero-order valence-corrected chi connectivity index (χ0v) is 20.4. The lowest BCUT2D eigenvalue weighted by Gasteiger charge is -2.50. The maximum Gasteiger partial charge on any atom is 0.255 e. The van der Waals surface area contributed by atoms with Crippen LogP contribution in [0.2, 0.25) is 0 Å². The second-order valence-electron chi connectivity index (χ2n) is 9.97. The summed E-state index contributed by atoms with van der Waals surface area (Å²) in [4.78, 5) is 42.5. The molecule has 1 aromatic carbocycles. The van der Waals surface area contributed by atoms with Gasteiger partial charge in [-0.15, -0.1) is 0 Å². The molecular weight excluding hydrogens is 454 g/mol. The van der Waals surface area contributed by atoms with Crippen LogP contribution in [0.5, 0.6) is 5.75 Å². The Kier molecular flexibility index (Phi) is 5.72. The van der Waals surface area contributed by atoms with Crippen LogP contribution >= 0.6 is 0 Å². The van der Waals surface area contributed by atoms with E-state index in [1.54, 1.807) is 14.1 Å². The second-order valence-corrected chi connectivity index (χ2v) is 9.97. The maximum absolute atomic E-state index is 13.8. The van der Waals surface area contributed by atoms with Crippen LogP contribution in [0.4, 0.5) is 5.69 Å². The number of allylic oxidation sites excluding steroid dienone is 1. The Morgan fingerprint density at radius 2 is 1.80 bits per heavy atom. The number of Topliss-reactive ketones (excluding diaryl/α,β-unsaturated/α-hetero) is 2. The molecule has 10 heteroatoms. The third-order valence-electron chi connectivity index (χ3n) is 7.64. The lowest BCUT2D eigenvalue weighted by Crippen LogP contribution is -2.63. The zero-order valence-electron chi connectivity index (χ0n) is 20.4. The number of aryl methyl sites for hydroxylation is 1. The number of aromatic hydroxyl groups is 1. The number of phenols is 1. The minimum Gasteiger partial charge on any atom is -0.510 e. The van der Waals surface area contributed by atoms with Gasteiger partial charge in [0.1, 0.15) is 22.8 Å². The molecule has 0 radical (unpaired) electrons. The molecule has 4 atom stereocenters. The van der Waals surface area contributed by atoms with Crippen molar-refractivity contribution < 1.29 is 34.8 Å². The Hall–Kier alpha value is -3.37. The second kappa shape index (κ2) is 8.10.